The molecule has 0 bridgehead atoms. The summed E-state index contributed by atoms with van der Waals surface area (Å²) in [7, 11) is 0. The summed E-state index contributed by atoms with van der Waals surface area (Å²) < 4.78 is 7.06. The molecular weight excluding hydrogens is 352 g/mol. The molecule has 0 aliphatic rings. The SMILES string of the molecule is CCCNCCNC(=O)c1cc(-c2ccco2)nn1-c1ccccc1.Cl. The van der Waals surface area contributed by atoms with Gasteiger partial charge in [-0.15, -0.1) is 12.4 Å². The third-order valence-electron chi connectivity index (χ3n) is 3.73. The van der Waals surface area contributed by atoms with Crippen LogP contribution in [0.1, 0.15) is 23.8 Å². The van der Waals surface area contributed by atoms with Crippen molar-refractivity contribution < 1.29 is 9.21 Å². The Hall–Kier alpha value is -2.57. The number of nitrogens with zero attached hydrogens (tertiary/aromatic N) is 2. The highest BCUT2D eigenvalue weighted by Crippen LogP contribution is 2.22. The van der Waals surface area contributed by atoms with Crippen LogP contribution in [-0.2, 0) is 0 Å². The third-order valence-corrected chi connectivity index (χ3v) is 3.73. The van der Waals surface area contributed by atoms with Gasteiger partial charge in [-0.3, -0.25) is 4.79 Å². The first-order chi connectivity index (χ1) is 12.3. The minimum absolute atomic E-state index is 0. The molecule has 1 aromatic carbocycles. The minimum Gasteiger partial charge on any atom is -0.463 e. The highest BCUT2D eigenvalue weighted by Gasteiger charge is 2.18. The van der Waals surface area contributed by atoms with Crippen molar-refractivity contribution in [3.05, 3.63) is 60.5 Å². The van der Waals surface area contributed by atoms with E-state index in [1.807, 2.05) is 36.4 Å². The highest BCUT2D eigenvalue weighted by atomic mass is 35.5. The van der Waals surface area contributed by atoms with E-state index in [-0.39, 0.29) is 18.3 Å². The van der Waals surface area contributed by atoms with E-state index in [4.69, 9.17) is 4.42 Å². The molecule has 0 unspecified atom stereocenters. The Morgan fingerprint density at radius 1 is 1.12 bits per heavy atom. The van der Waals surface area contributed by atoms with Crippen LogP contribution in [0.5, 0.6) is 0 Å². The standard InChI is InChI=1S/C19H22N4O2.ClH/c1-2-10-20-11-12-21-19(24)17-14-16(18-9-6-13-25-18)22-23(17)15-7-4-3-5-8-15;/h3-9,13-14,20H,2,10-12H2,1H3,(H,21,24);1H. The summed E-state index contributed by atoms with van der Waals surface area (Å²) in [6, 6.07) is 15.0. The van der Waals surface area contributed by atoms with Gasteiger partial charge in [0.15, 0.2) is 5.76 Å². The largest absolute Gasteiger partial charge is 0.463 e. The number of para-hydroxylation sites is 1. The average Bonchev–Trinajstić information content (AvgIpc) is 3.31. The van der Waals surface area contributed by atoms with Crippen molar-refractivity contribution in [1.29, 1.82) is 0 Å². The second kappa shape index (κ2) is 9.79. The quantitative estimate of drug-likeness (QED) is 0.593. The Kier molecular flexibility index (Phi) is 7.44. The molecule has 3 rings (SSSR count). The number of carbonyl (C=O) groups excluding carboxylic acids is 1. The topological polar surface area (TPSA) is 72.1 Å². The molecule has 6 nitrogen and oxygen atoms in total. The Balaban J connectivity index is 0.00000243. The van der Waals surface area contributed by atoms with Gasteiger partial charge in [0.05, 0.1) is 12.0 Å². The fourth-order valence-electron chi connectivity index (χ4n) is 2.51. The molecule has 138 valence electrons. The maximum absolute atomic E-state index is 12.6. The maximum atomic E-state index is 12.6. The van der Waals surface area contributed by atoms with E-state index in [2.05, 4.69) is 22.7 Å². The molecule has 2 N–H and O–H groups in total. The number of benzene rings is 1. The zero-order valence-electron chi connectivity index (χ0n) is 14.6. The van der Waals surface area contributed by atoms with Gasteiger partial charge >= 0.3 is 0 Å². The van der Waals surface area contributed by atoms with Gasteiger partial charge in [-0.05, 0) is 37.2 Å². The van der Waals surface area contributed by atoms with Crippen LogP contribution in [0.3, 0.4) is 0 Å². The number of amides is 1. The number of carbonyl (C=O) groups is 1. The summed E-state index contributed by atoms with van der Waals surface area (Å²) in [5.41, 5.74) is 1.94. The summed E-state index contributed by atoms with van der Waals surface area (Å²) in [6.45, 7) is 4.36. The molecule has 26 heavy (non-hydrogen) atoms. The van der Waals surface area contributed by atoms with Crippen molar-refractivity contribution in [3.63, 3.8) is 0 Å². The number of aromatic nitrogens is 2. The molecule has 0 atom stereocenters. The second-order valence-electron chi connectivity index (χ2n) is 5.65. The third kappa shape index (κ3) is 4.74. The fourth-order valence-corrected chi connectivity index (χ4v) is 2.51. The predicted octanol–water partition coefficient (Wildman–Crippen LogP) is 3.28. The molecule has 0 radical (unpaired) electrons. The Morgan fingerprint density at radius 3 is 2.62 bits per heavy atom. The van der Waals surface area contributed by atoms with Gasteiger partial charge < -0.3 is 15.1 Å². The van der Waals surface area contributed by atoms with E-state index in [0.29, 0.717) is 23.7 Å². The summed E-state index contributed by atoms with van der Waals surface area (Å²) in [4.78, 5) is 12.6. The highest BCUT2D eigenvalue weighted by molar-refractivity contribution is 5.94. The molecule has 2 aromatic heterocycles. The summed E-state index contributed by atoms with van der Waals surface area (Å²) in [5, 5.41) is 10.7. The minimum atomic E-state index is -0.160. The van der Waals surface area contributed by atoms with Crippen LogP contribution >= 0.6 is 12.4 Å². The van der Waals surface area contributed by atoms with Crippen molar-refractivity contribution >= 4 is 18.3 Å². The normalized spacial score (nSPS) is 10.3. The molecule has 0 aliphatic heterocycles. The van der Waals surface area contributed by atoms with Gasteiger partial charge in [0.25, 0.3) is 5.91 Å². The van der Waals surface area contributed by atoms with Gasteiger partial charge in [0, 0.05) is 19.2 Å². The van der Waals surface area contributed by atoms with Crippen molar-refractivity contribution in [2.24, 2.45) is 0 Å². The Morgan fingerprint density at radius 2 is 1.92 bits per heavy atom. The zero-order chi connectivity index (χ0) is 17.5. The van der Waals surface area contributed by atoms with Crippen LogP contribution < -0.4 is 10.6 Å². The first-order valence-electron chi connectivity index (χ1n) is 8.48. The van der Waals surface area contributed by atoms with Crippen LogP contribution in [0.4, 0.5) is 0 Å². The van der Waals surface area contributed by atoms with Crippen LogP contribution in [0, 0.1) is 0 Å². The van der Waals surface area contributed by atoms with Crippen molar-refractivity contribution in [3.8, 4) is 17.1 Å². The monoisotopic (exact) mass is 374 g/mol. The zero-order valence-corrected chi connectivity index (χ0v) is 15.5. The van der Waals surface area contributed by atoms with E-state index in [9.17, 15) is 4.79 Å². The van der Waals surface area contributed by atoms with E-state index in [1.54, 1.807) is 23.1 Å². The molecule has 0 aliphatic carbocycles. The van der Waals surface area contributed by atoms with E-state index in [0.717, 1.165) is 25.2 Å². The first kappa shape index (κ1) is 19.8. The molecule has 0 saturated heterocycles. The summed E-state index contributed by atoms with van der Waals surface area (Å²) in [5.74, 6) is 0.473. The number of halogens is 1. The van der Waals surface area contributed by atoms with Gasteiger partial charge in [-0.2, -0.15) is 5.10 Å². The molecule has 3 aromatic rings. The van der Waals surface area contributed by atoms with Crippen LogP contribution in [0.2, 0.25) is 0 Å². The number of furan rings is 1. The smallest absolute Gasteiger partial charge is 0.270 e. The van der Waals surface area contributed by atoms with Crippen molar-refractivity contribution in [2.75, 3.05) is 19.6 Å². The lowest BCUT2D eigenvalue weighted by molar-refractivity contribution is 0.0946. The molecule has 0 spiro atoms. The molecule has 7 heteroatoms. The Bertz CT molecular complexity index is 800. The molecular formula is C19H23ClN4O2. The number of nitrogens with one attached hydrogen (secondary N) is 2. The van der Waals surface area contributed by atoms with E-state index in [1.165, 1.54) is 0 Å². The lowest BCUT2D eigenvalue weighted by Crippen LogP contribution is -2.33. The molecule has 0 saturated carbocycles. The first-order valence-corrected chi connectivity index (χ1v) is 8.48. The van der Waals surface area contributed by atoms with Gasteiger partial charge in [-0.25, -0.2) is 4.68 Å². The molecule has 2 heterocycles. The number of hydrogen-bond acceptors (Lipinski definition) is 4. The van der Waals surface area contributed by atoms with Gasteiger partial charge in [0.1, 0.15) is 11.4 Å². The number of rotatable bonds is 8. The molecule has 1 amide bonds. The Labute approximate surface area is 159 Å². The predicted molar refractivity (Wildman–Crippen MR) is 104 cm³/mol. The number of hydrogen-bond donors (Lipinski definition) is 2. The van der Waals surface area contributed by atoms with Crippen molar-refractivity contribution in [1.82, 2.24) is 20.4 Å². The fraction of sp³-hybridized carbons (Fsp3) is 0.263. The lowest BCUT2D eigenvalue weighted by atomic mass is 10.2. The van der Waals surface area contributed by atoms with E-state index < -0.39 is 0 Å². The molecule has 0 fully saturated rings. The average molecular weight is 375 g/mol. The van der Waals surface area contributed by atoms with Crippen LogP contribution in [-0.4, -0.2) is 35.3 Å². The van der Waals surface area contributed by atoms with Gasteiger partial charge in [-0.1, -0.05) is 25.1 Å². The van der Waals surface area contributed by atoms with E-state index >= 15 is 0 Å². The lowest BCUT2D eigenvalue weighted by Gasteiger charge is -2.08. The van der Waals surface area contributed by atoms with Gasteiger partial charge in [0.2, 0.25) is 0 Å². The summed E-state index contributed by atoms with van der Waals surface area (Å²) >= 11 is 0. The van der Waals surface area contributed by atoms with Crippen LogP contribution in [0.15, 0.2) is 59.2 Å². The second-order valence-corrected chi connectivity index (χ2v) is 5.65. The summed E-state index contributed by atoms with van der Waals surface area (Å²) in [6.07, 6.45) is 2.66. The van der Waals surface area contributed by atoms with Crippen molar-refractivity contribution in [2.45, 2.75) is 13.3 Å². The maximum Gasteiger partial charge on any atom is 0.270 e. The van der Waals surface area contributed by atoms with Crippen LogP contribution in [0.25, 0.3) is 17.1 Å².